The van der Waals surface area contributed by atoms with Gasteiger partial charge >= 0.3 is 0 Å². The molecule has 1 fully saturated rings. The largest absolute Gasteiger partial charge is 0.370 e. The molecular formula is C13H19F2IN4. The van der Waals surface area contributed by atoms with Crippen molar-refractivity contribution in [1.82, 2.24) is 5.32 Å². The third-order valence-electron chi connectivity index (χ3n) is 3.12. The second-order valence-corrected chi connectivity index (χ2v) is 4.53. The van der Waals surface area contributed by atoms with E-state index >= 15 is 0 Å². The number of anilines is 1. The van der Waals surface area contributed by atoms with Crippen molar-refractivity contribution in [3.05, 3.63) is 29.8 Å². The van der Waals surface area contributed by atoms with E-state index in [9.17, 15) is 8.78 Å². The Bertz CT molecular complexity index is 481. The highest BCUT2D eigenvalue weighted by Gasteiger charge is 2.24. The van der Waals surface area contributed by atoms with Gasteiger partial charge in [-0.05, 0) is 25.5 Å². The van der Waals surface area contributed by atoms with E-state index in [2.05, 4.69) is 10.3 Å². The van der Waals surface area contributed by atoms with Gasteiger partial charge in [-0.25, -0.2) is 8.78 Å². The molecule has 1 heterocycles. The van der Waals surface area contributed by atoms with Crippen molar-refractivity contribution in [1.29, 1.82) is 0 Å². The van der Waals surface area contributed by atoms with Crippen LogP contribution in [0.5, 0.6) is 0 Å². The van der Waals surface area contributed by atoms with Crippen LogP contribution in [0.25, 0.3) is 0 Å². The minimum absolute atomic E-state index is 0. The van der Waals surface area contributed by atoms with Gasteiger partial charge in [0.25, 0.3) is 0 Å². The molecule has 1 aliphatic rings. The summed E-state index contributed by atoms with van der Waals surface area (Å²) in [5.41, 5.74) is 6.12. The summed E-state index contributed by atoms with van der Waals surface area (Å²) in [5, 5.41) is 3.10. The first-order valence-electron chi connectivity index (χ1n) is 6.36. The Morgan fingerprint density at radius 3 is 2.90 bits per heavy atom. The van der Waals surface area contributed by atoms with E-state index in [1.807, 2.05) is 11.8 Å². The molecule has 112 valence electrons. The SMILES string of the molecule is CCN=C(N)NC1CCN(c2ccc(F)cc2F)C1.I. The molecule has 1 atom stereocenters. The lowest BCUT2D eigenvalue weighted by Gasteiger charge is -2.19. The van der Waals surface area contributed by atoms with Crippen molar-refractivity contribution in [2.24, 2.45) is 10.7 Å². The molecule has 4 nitrogen and oxygen atoms in total. The summed E-state index contributed by atoms with van der Waals surface area (Å²) >= 11 is 0. The number of nitrogens with two attached hydrogens (primary N) is 1. The van der Waals surface area contributed by atoms with Crippen LogP contribution in [0.4, 0.5) is 14.5 Å². The van der Waals surface area contributed by atoms with Gasteiger partial charge in [0.15, 0.2) is 5.96 Å². The number of hydrogen-bond acceptors (Lipinski definition) is 2. The Hall–Kier alpha value is -1.12. The van der Waals surface area contributed by atoms with Crippen molar-refractivity contribution >= 4 is 35.6 Å². The molecule has 0 amide bonds. The first-order valence-corrected chi connectivity index (χ1v) is 6.36. The van der Waals surface area contributed by atoms with E-state index in [1.165, 1.54) is 12.1 Å². The molecule has 2 rings (SSSR count). The molecule has 0 aliphatic carbocycles. The average Bonchev–Trinajstić information content (AvgIpc) is 2.77. The van der Waals surface area contributed by atoms with E-state index in [4.69, 9.17) is 5.73 Å². The molecule has 3 N–H and O–H groups in total. The Labute approximate surface area is 134 Å². The molecule has 1 aromatic carbocycles. The minimum Gasteiger partial charge on any atom is -0.370 e. The Kier molecular flexibility index (Phi) is 6.44. The third kappa shape index (κ3) is 4.19. The highest BCUT2D eigenvalue weighted by atomic mass is 127. The van der Waals surface area contributed by atoms with E-state index in [1.54, 1.807) is 0 Å². The first kappa shape index (κ1) is 16.9. The second kappa shape index (κ2) is 7.61. The zero-order valence-corrected chi connectivity index (χ0v) is 13.6. The van der Waals surface area contributed by atoms with Crippen molar-refractivity contribution < 1.29 is 8.78 Å². The summed E-state index contributed by atoms with van der Waals surface area (Å²) in [4.78, 5) is 5.94. The highest BCUT2D eigenvalue weighted by Crippen LogP contribution is 2.24. The highest BCUT2D eigenvalue weighted by molar-refractivity contribution is 14.0. The molecule has 7 heteroatoms. The van der Waals surface area contributed by atoms with Crippen molar-refractivity contribution in [3.8, 4) is 0 Å². The number of rotatable bonds is 3. The van der Waals surface area contributed by atoms with Gasteiger partial charge in [0.2, 0.25) is 0 Å². The summed E-state index contributed by atoms with van der Waals surface area (Å²) in [6.07, 6.45) is 0.844. The zero-order chi connectivity index (χ0) is 13.8. The summed E-state index contributed by atoms with van der Waals surface area (Å²) < 4.78 is 26.5. The Morgan fingerprint density at radius 1 is 1.50 bits per heavy atom. The molecule has 0 bridgehead atoms. The quantitative estimate of drug-likeness (QED) is 0.468. The molecule has 0 saturated carbocycles. The van der Waals surface area contributed by atoms with Crippen molar-refractivity contribution in [3.63, 3.8) is 0 Å². The van der Waals surface area contributed by atoms with Gasteiger partial charge in [-0.3, -0.25) is 4.99 Å². The second-order valence-electron chi connectivity index (χ2n) is 4.53. The van der Waals surface area contributed by atoms with Gasteiger partial charge in [0.05, 0.1) is 5.69 Å². The molecule has 0 aromatic heterocycles. The van der Waals surface area contributed by atoms with Crippen LogP contribution in [-0.2, 0) is 0 Å². The van der Waals surface area contributed by atoms with E-state index in [-0.39, 0.29) is 30.0 Å². The van der Waals surface area contributed by atoms with Crippen molar-refractivity contribution in [2.45, 2.75) is 19.4 Å². The predicted octanol–water partition coefficient (Wildman–Crippen LogP) is 2.09. The topological polar surface area (TPSA) is 53.6 Å². The zero-order valence-electron chi connectivity index (χ0n) is 11.3. The average molecular weight is 396 g/mol. The maximum atomic E-state index is 13.7. The normalized spacial score (nSPS) is 18.9. The fourth-order valence-corrected chi connectivity index (χ4v) is 2.26. The maximum Gasteiger partial charge on any atom is 0.188 e. The van der Waals surface area contributed by atoms with E-state index in [0.29, 0.717) is 31.3 Å². The minimum atomic E-state index is -0.561. The molecule has 1 aromatic rings. The van der Waals surface area contributed by atoms with Crippen LogP contribution >= 0.6 is 24.0 Å². The number of nitrogens with zero attached hydrogens (tertiary/aromatic N) is 2. The number of halogens is 3. The molecule has 0 spiro atoms. The van der Waals surface area contributed by atoms with Crippen LogP contribution in [-0.4, -0.2) is 31.6 Å². The summed E-state index contributed by atoms with van der Waals surface area (Å²) in [7, 11) is 0. The number of benzene rings is 1. The molecule has 0 radical (unpaired) electrons. The van der Waals surface area contributed by atoms with Crippen LogP contribution in [0.2, 0.25) is 0 Å². The molecular weight excluding hydrogens is 377 g/mol. The fourth-order valence-electron chi connectivity index (χ4n) is 2.26. The number of aliphatic imine (C=N–C) groups is 1. The lowest BCUT2D eigenvalue weighted by Crippen LogP contribution is -2.41. The standard InChI is InChI=1S/C13H18F2N4.HI/c1-2-17-13(16)18-10-5-6-19(8-10)12-4-3-9(14)7-11(12)15;/h3-4,7,10H,2,5-6,8H2,1H3,(H3,16,17,18);1H. The van der Waals surface area contributed by atoms with Gasteiger partial charge in [-0.2, -0.15) is 0 Å². The lowest BCUT2D eigenvalue weighted by atomic mass is 10.2. The van der Waals surface area contributed by atoms with Gasteiger partial charge in [-0.1, -0.05) is 0 Å². The van der Waals surface area contributed by atoms with E-state index in [0.717, 1.165) is 12.5 Å². The molecule has 1 unspecified atom stereocenters. The van der Waals surface area contributed by atoms with Crippen LogP contribution in [0.1, 0.15) is 13.3 Å². The van der Waals surface area contributed by atoms with Gasteiger partial charge in [0, 0.05) is 31.7 Å². The monoisotopic (exact) mass is 396 g/mol. The fraction of sp³-hybridized carbons (Fsp3) is 0.462. The van der Waals surface area contributed by atoms with Gasteiger partial charge < -0.3 is 16.0 Å². The van der Waals surface area contributed by atoms with Crippen molar-refractivity contribution in [2.75, 3.05) is 24.5 Å². The first-order chi connectivity index (χ1) is 9.10. The van der Waals surface area contributed by atoms with Crippen LogP contribution in [0, 0.1) is 11.6 Å². The van der Waals surface area contributed by atoms with Crippen LogP contribution in [0.3, 0.4) is 0 Å². The maximum absolute atomic E-state index is 13.7. The Balaban J connectivity index is 0.00000200. The molecule has 1 aliphatic heterocycles. The number of nitrogens with one attached hydrogen (secondary N) is 1. The van der Waals surface area contributed by atoms with E-state index < -0.39 is 11.6 Å². The smallest absolute Gasteiger partial charge is 0.188 e. The molecule has 1 saturated heterocycles. The summed E-state index contributed by atoms with van der Waals surface area (Å²) in [6.45, 7) is 3.87. The number of guanidine groups is 1. The van der Waals surface area contributed by atoms with Crippen LogP contribution < -0.4 is 16.0 Å². The van der Waals surface area contributed by atoms with Gasteiger partial charge in [0.1, 0.15) is 11.6 Å². The Morgan fingerprint density at radius 2 is 2.25 bits per heavy atom. The predicted molar refractivity (Wildman–Crippen MR) is 87.7 cm³/mol. The lowest BCUT2D eigenvalue weighted by molar-refractivity contribution is 0.580. The number of hydrogen-bond donors (Lipinski definition) is 2. The summed E-state index contributed by atoms with van der Waals surface area (Å²) in [5.74, 6) is -0.681. The summed E-state index contributed by atoms with van der Waals surface area (Å²) in [6, 6.07) is 3.78. The van der Waals surface area contributed by atoms with Gasteiger partial charge in [-0.15, -0.1) is 24.0 Å². The molecule has 20 heavy (non-hydrogen) atoms. The van der Waals surface area contributed by atoms with Crippen LogP contribution in [0.15, 0.2) is 23.2 Å². The third-order valence-corrected chi connectivity index (χ3v) is 3.12.